The van der Waals surface area contributed by atoms with Crippen LogP contribution in [-0.2, 0) is 4.79 Å². The van der Waals surface area contributed by atoms with E-state index in [4.69, 9.17) is 11.6 Å². The first kappa shape index (κ1) is 9.20. The molecule has 2 heteroatoms. The summed E-state index contributed by atoms with van der Waals surface area (Å²) in [6, 6.07) is 0. The van der Waals surface area contributed by atoms with Crippen molar-refractivity contribution in [3.05, 3.63) is 12.7 Å². The van der Waals surface area contributed by atoms with Crippen LogP contribution in [0.1, 0.15) is 7.43 Å². The molecule has 6 heavy (non-hydrogen) atoms. The third kappa shape index (κ3) is 9.33. The van der Waals surface area contributed by atoms with Crippen molar-refractivity contribution < 1.29 is 4.79 Å². The molecule has 0 aliphatic heterocycles. The molecule has 0 amide bonds. The molecule has 0 N–H and O–H groups in total. The second kappa shape index (κ2) is 4.70. The van der Waals surface area contributed by atoms with E-state index in [0.29, 0.717) is 0 Å². The molecule has 0 rings (SSSR count). The van der Waals surface area contributed by atoms with Crippen LogP contribution in [0.2, 0.25) is 0 Å². The minimum absolute atomic E-state index is 0. The van der Waals surface area contributed by atoms with Crippen molar-refractivity contribution in [1.29, 1.82) is 0 Å². The fourth-order valence-corrected chi connectivity index (χ4v) is 0. The molecule has 0 aliphatic carbocycles. The van der Waals surface area contributed by atoms with Gasteiger partial charge in [0.05, 0.1) is 0 Å². The Hall–Kier alpha value is -0.300. The lowest BCUT2D eigenvalue weighted by Crippen LogP contribution is -1.67. The molecule has 0 saturated carbocycles. The van der Waals surface area contributed by atoms with Gasteiger partial charge in [0.2, 0.25) is 5.24 Å². The van der Waals surface area contributed by atoms with Crippen LogP contribution in [0.25, 0.3) is 0 Å². The molecule has 0 atom stereocenters. The highest BCUT2D eigenvalue weighted by molar-refractivity contribution is 6.66. The van der Waals surface area contributed by atoms with E-state index < -0.39 is 5.24 Å². The molecular formula is C4H7ClO. The van der Waals surface area contributed by atoms with Crippen LogP contribution in [0.3, 0.4) is 0 Å². The number of hydrogen-bond donors (Lipinski definition) is 0. The maximum Gasteiger partial charge on any atom is 0.244 e. The molecule has 0 fully saturated rings. The van der Waals surface area contributed by atoms with E-state index in [1.165, 1.54) is 0 Å². The lowest BCUT2D eigenvalue weighted by atomic mass is 10.7. The number of rotatable bonds is 1. The third-order valence-electron chi connectivity index (χ3n) is 0.160. The summed E-state index contributed by atoms with van der Waals surface area (Å²) in [5.41, 5.74) is 0. The van der Waals surface area contributed by atoms with E-state index in [-0.39, 0.29) is 7.43 Å². The number of hydrogen-bond acceptors (Lipinski definition) is 1. The highest BCUT2D eigenvalue weighted by Crippen LogP contribution is 1.74. The molecule has 0 heterocycles. The fourth-order valence-electron chi connectivity index (χ4n) is 0. The normalized spacial score (nSPS) is 5.50. The molecule has 0 spiro atoms. The van der Waals surface area contributed by atoms with E-state index in [0.717, 1.165) is 6.08 Å². The fraction of sp³-hybridized carbons (Fsp3) is 0.250. The number of carbonyl (C=O) groups excluding carboxylic acids is 1. The first-order valence-electron chi connectivity index (χ1n) is 1.09. The second-order valence-corrected chi connectivity index (χ2v) is 0.881. The van der Waals surface area contributed by atoms with Gasteiger partial charge in [-0.3, -0.25) is 4.79 Å². The first-order chi connectivity index (χ1) is 2.27. The van der Waals surface area contributed by atoms with Crippen molar-refractivity contribution >= 4 is 16.8 Å². The van der Waals surface area contributed by atoms with E-state index in [9.17, 15) is 4.79 Å². The van der Waals surface area contributed by atoms with E-state index in [1.807, 2.05) is 0 Å². The zero-order valence-corrected chi connectivity index (χ0v) is 3.33. The van der Waals surface area contributed by atoms with Gasteiger partial charge < -0.3 is 0 Å². The summed E-state index contributed by atoms with van der Waals surface area (Å²) in [6.07, 6.45) is 1.04. The molecule has 0 aliphatic rings. The summed E-state index contributed by atoms with van der Waals surface area (Å²) in [5.74, 6) is 0. The molecule has 0 unspecified atom stereocenters. The zero-order valence-electron chi connectivity index (χ0n) is 2.57. The van der Waals surface area contributed by atoms with E-state index in [2.05, 4.69) is 6.58 Å². The molecule has 0 aromatic heterocycles. The minimum atomic E-state index is -0.509. The van der Waals surface area contributed by atoms with Gasteiger partial charge in [-0.25, -0.2) is 0 Å². The van der Waals surface area contributed by atoms with Crippen LogP contribution in [0.15, 0.2) is 12.7 Å². The SMILES string of the molecule is C.C=CC(=O)Cl. The lowest BCUT2D eigenvalue weighted by molar-refractivity contribution is -0.107. The van der Waals surface area contributed by atoms with Gasteiger partial charge in [-0.2, -0.15) is 0 Å². The smallest absolute Gasteiger partial charge is 0.244 e. The van der Waals surface area contributed by atoms with Crippen molar-refractivity contribution in [1.82, 2.24) is 0 Å². The van der Waals surface area contributed by atoms with Crippen molar-refractivity contribution in [2.45, 2.75) is 7.43 Å². The minimum Gasteiger partial charge on any atom is -0.276 e. The number of halogens is 1. The van der Waals surface area contributed by atoms with Gasteiger partial charge >= 0.3 is 0 Å². The molecule has 1 nitrogen and oxygen atoms in total. The summed E-state index contributed by atoms with van der Waals surface area (Å²) in [5, 5.41) is -0.509. The molecule has 0 saturated heterocycles. The van der Waals surface area contributed by atoms with Crippen molar-refractivity contribution in [3.63, 3.8) is 0 Å². The summed E-state index contributed by atoms with van der Waals surface area (Å²) >= 11 is 4.71. The first-order valence-corrected chi connectivity index (χ1v) is 1.47. The Morgan fingerprint density at radius 1 is 1.83 bits per heavy atom. The predicted molar refractivity (Wildman–Crippen MR) is 27.8 cm³/mol. The topological polar surface area (TPSA) is 17.1 Å². The maximum atomic E-state index is 9.46. The molecule has 0 radical (unpaired) electrons. The second-order valence-electron chi connectivity index (χ2n) is 0.508. The predicted octanol–water partition coefficient (Wildman–Crippen LogP) is 1.57. The van der Waals surface area contributed by atoms with Crippen LogP contribution in [0.4, 0.5) is 0 Å². The average molecular weight is 107 g/mol. The van der Waals surface area contributed by atoms with Gasteiger partial charge in [0, 0.05) is 0 Å². The third-order valence-corrected chi connectivity index (χ3v) is 0.315. The van der Waals surface area contributed by atoms with Gasteiger partial charge in [0.15, 0.2) is 0 Å². The Balaban J connectivity index is 0. The van der Waals surface area contributed by atoms with Crippen molar-refractivity contribution in [2.24, 2.45) is 0 Å². The van der Waals surface area contributed by atoms with Crippen LogP contribution in [0.5, 0.6) is 0 Å². The van der Waals surface area contributed by atoms with E-state index in [1.54, 1.807) is 0 Å². The van der Waals surface area contributed by atoms with Gasteiger partial charge in [-0.1, -0.05) is 14.0 Å². The van der Waals surface area contributed by atoms with Crippen LogP contribution >= 0.6 is 11.6 Å². The molecular weight excluding hydrogens is 99.5 g/mol. The zero-order chi connectivity index (χ0) is 4.28. The van der Waals surface area contributed by atoms with Gasteiger partial charge in [-0.15, -0.1) is 0 Å². The number of allylic oxidation sites excluding steroid dienone is 1. The van der Waals surface area contributed by atoms with Crippen molar-refractivity contribution in [3.8, 4) is 0 Å². The van der Waals surface area contributed by atoms with Crippen molar-refractivity contribution in [2.75, 3.05) is 0 Å². The highest BCUT2D eigenvalue weighted by atomic mass is 35.5. The standard InChI is InChI=1S/C3H3ClO.CH4/c1-2-3(4)5;/h2H,1H2;1H4. The van der Waals surface area contributed by atoms with E-state index >= 15 is 0 Å². The summed E-state index contributed by atoms with van der Waals surface area (Å²) in [6.45, 7) is 3.08. The Bertz CT molecular complexity index is 58.6. The molecule has 0 aromatic rings. The number of carbonyl (C=O) groups is 1. The Labute approximate surface area is 42.6 Å². The summed E-state index contributed by atoms with van der Waals surface area (Å²) < 4.78 is 0. The Morgan fingerprint density at radius 2 is 2.00 bits per heavy atom. The summed E-state index contributed by atoms with van der Waals surface area (Å²) in [4.78, 5) is 9.46. The molecule has 0 bridgehead atoms. The van der Waals surface area contributed by atoms with Crippen LogP contribution < -0.4 is 0 Å². The monoisotopic (exact) mass is 106 g/mol. The largest absolute Gasteiger partial charge is 0.276 e. The van der Waals surface area contributed by atoms with Crippen LogP contribution in [0, 0.1) is 0 Å². The van der Waals surface area contributed by atoms with Gasteiger partial charge in [0.1, 0.15) is 0 Å². The average Bonchev–Trinajstić information content (AvgIpc) is 1.38. The highest BCUT2D eigenvalue weighted by Gasteiger charge is 1.74. The maximum absolute atomic E-state index is 9.46. The molecule has 0 aromatic carbocycles. The molecule has 36 valence electrons. The van der Waals surface area contributed by atoms with Crippen LogP contribution in [-0.4, -0.2) is 5.24 Å². The quantitative estimate of drug-likeness (QED) is 0.366. The van der Waals surface area contributed by atoms with Gasteiger partial charge in [-0.05, 0) is 17.7 Å². The summed E-state index contributed by atoms with van der Waals surface area (Å²) in [7, 11) is 0. The van der Waals surface area contributed by atoms with Gasteiger partial charge in [0.25, 0.3) is 0 Å². The Morgan fingerprint density at radius 3 is 2.00 bits per heavy atom. The Kier molecular flexibility index (Phi) is 7.20. The lowest BCUT2D eigenvalue weighted by Gasteiger charge is -1.59.